The predicted octanol–water partition coefficient (Wildman–Crippen LogP) is 7.48. The van der Waals surface area contributed by atoms with Crippen LogP contribution >= 0.6 is 23.2 Å². The maximum Gasteiger partial charge on any atom is 0.264 e. The van der Waals surface area contributed by atoms with Gasteiger partial charge in [0.15, 0.2) is 0 Å². The Kier molecular flexibility index (Phi) is 12.3. The molecule has 1 N–H and O–H groups in total. The minimum atomic E-state index is -4.19. The molecule has 4 aromatic carbocycles. The number of amides is 2. The van der Waals surface area contributed by atoms with Crippen LogP contribution in [-0.2, 0) is 32.6 Å². The van der Waals surface area contributed by atoms with E-state index in [0.29, 0.717) is 34.3 Å². The van der Waals surface area contributed by atoms with E-state index in [1.54, 1.807) is 48.5 Å². The number of anilines is 1. The van der Waals surface area contributed by atoms with Crippen LogP contribution in [0.25, 0.3) is 0 Å². The van der Waals surface area contributed by atoms with Gasteiger partial charge in [0.05, 0.1) is 10.6 Å². The monoisotopic (exact) mass is 679 g/mol. The van der Waals surface area contributed by atoms with Gasteiger partial charge in [0, 0.05) is 35.1 Å². The van der Waals surface area contributed by atoms with Crippen LogP contribution in [-0.4, -0.2) is 44.3 Å². The van der Waals surface area contributed by atoms with E-state index in [2.05, 4.69) is 5.32 Å². The summed E-state index contributed by atoms with van der Waals surface area (Å²) in [6.07, 6.45) is 0.891. The Balaban J connectivity index is 1.83. The molecule has 0 bridgehead atoms. The normalized spacial score (nSPS) is 12.0. The minimum absolute atomic E-state index is 0.0398. The number of nitrogens with zero attached hydrogens (tertiary/aromatic N) is 2. The second-order valence-electron chi connectivity index (χ2n) is 11.3. The van der Waals surface area contributed by atoms with Gasteiger partial charge in [0.25, 0.3) is 10.0 Å². The molecule has 0 radical (unpaired) electrons. The zero-order valence-electron chi connectivity index (χ0n) is 26.2. The average molecular weight is 681 g/mol. The van der Waals surface area contributed by atoms with Gasteiger partial charge in [0.1, 0.15) is 12.6 Å². The van der Waals surface area contributed by atoms with Crippen molar-refractivity contribution in [1.82, 2.24) is 10.2 Å². The number of benzene rings is 4. The number of nitrogens with one attached hydrogen (secondary N) is 1. The van der Waals surface area contributed by atoms with Crippen LogP contribution in [0, 0.1) is 0 Å². The number of hydrogen-bond donors (Lipinski definition) is 1. The molecule has 10 heteroatoms. The largest absolute Gasteiger partial charge is 0.354 e. The van der Waals surface area contributed by atoms with Crippen LogP contribution in [0.15, 0.2) is 108 Å². The molecule has 0 aliphatic carbocycles. The van der Waals surface area contributed by atoms with E-state index in [1.165, 1.54) is 17.0 Å². The summed E-state index contributed by atoms with van der Waals surface area (Å²) in [7, 11) is -4.19. The summed E-state index contributed by atoms with van der Waals surface area (Å²) in [5, 5.41) is 3.59. The summed E-state index contributed by atoms with van der Waals surface area (Å²) in [6.45, 7) is 5.77. The molecule has 2 amide bonds. The highest BCUT2D eigenvalue weighted by Crippen LogP contribution is 2.29. The maximum absolute atomic E-state index is 14.6. The van der Waals surface area contributed by atoms with Crippen LogP contribution in [0.4, 0.5) is 5.69 Å². The predicted molar refractivity (Wildman–Crippen MR) is 186 cm³/mol. The molecular weight excluding hydrogens is 641 g/mol. The summed E-state index contributed by atoms with van der Waals surface area (Å²) in [5.41, 5.74) is 2.64. The molecule has 0 aromatic heterocycles. The Labute approximate surface area is 282 Å². The SMILES string of the molecule is CCCNC(=O)[C@H](Cc1ccccc1)N(Cc1c(Cl)cccc1Cl)C(=O)CN(c1ccc(C(C)C)cc1)S(=O)(=O)c1ccccc1. The first-order valence-electron chi connectivity index (χ1n) is 15.2. The highest BCUT2D eigenvalue weighted by atomic mass is 35.5. The summed E-state index contributed by atoms with van der Waals surface area (Å²) in [4.78, 5) is 29.8. The van der Waals surface area contributed by atoms with E-state index in [1.807, 2.05) is 63.2 Å². The third-order valence-corrected chi connectivity index (χ3v) is 10.2. The van der Waals surface area contributed by atoms with Crippen molar-refractivity contribution in [2.75, 3.05) is 17.4 Å². The molecule has 0 unspecified atom stereocenters. The van der Waals surface area contributed by atoms with Gasteiger partial charge < -0.3 is 10.2 Å². The zero-order valence-corrected chi connectivity index (χ0v) is 28.5. The molecule has 1 atom stereocenters. The van der Waals surface area contributed by atoms with E-state index in [-0.39, 0.29) is 29.7 Å². The van der Waals surface area contributed by atoms with Crippen LogP contribution in [0.1, 0.15) is 49.8 Å². The van der Waals surface area contributed by atoms with E-state index >= 15 is 0 Å². The molecule has 0 fully saturated rings. The summed E-state index contributed by atoms with van der Waals surface area (Å²) in [6, 6.07) is 28.5. The Hall–Kier alpha value is -3.85. The van der Waals surface area contributed by atoms with Gasteiger partial charge >= 0.3 is 0 Å². The fourth-order valence-electron chi connectivity index (χ4n) is 5.05. The topological polar surface area (TPSA) is 86.8 Å². The molecular formula is C36H39Cl2N3O4S. The lowest BCUT2D eigenvalue weighted by molar-refractivity contribution is -0.140. The zero-order chi connectivity index (χ0) is 33.3. The Morgan fingerprint density at radius 3 is 1.96 bits per heavy atom. The van der Waals surface area contributed by atoms with Gasteiger partial charge in [-0.25, -0.2) is 8.42 Å². The Morgan fingerprint density at radius 2 is 1.39 bits per heavy atom. The number of halogens is 2. The third kappa shape index (κ3) is 8.69. The summed E-state index contributed by atoms with van der Waals surface area (Å²) >= 11 is 13.1. The molecule has 0 saturated carbocycles. The Bertz CT molecular complexity index is 1700. The van der Waals surface area contributed by atoms with Crippen LogP contribution in [0.5, 0.6) is 0 Å². The van der Waals surface area contributed by atoms with E-state index in [4.69, 9.17) is 23.2 Å². The number of hydrogen-bond acceptors (Lipinski definition) is 4. The Morgan fingerprint density at radius 1 is 0.804 bits per heavy atom. The van der Waals surface area contributed by atoms with Gasteiger partial charge in [0.2, 0.25) is 11.8 Å². The number of carbonyl (C=O) groups excluding carboxylic acids is 2. The van der Waals surface area contributed by atoms with Gasteiger partial charge in [-0.15, -0.1) is 0 Å². The quantitative estimate of drug-likeness (QED) is 0.150. The smallest absolute Gasteiger partial charge is 0.264 e. The van der Waals surface area contributed by atoms with Gasteiger partial charge in [-0.2, -0.15) is 0 Å². The lowest BCUT2D eigenvalue weighted by Crippen LogP contribution is -2.53. The second kappa shape index (κ2) is 16.1. The summed E-state index contributed by atoms with van der Waals surface area (Å²) in [5.74, 6) is -0.719. The molecule has 4 rings (SSSR count). The van der Waals surface area contributed by atoms with Crippen LogP contribution in [0.3, 0.4) is 0 Å². The molecule has 0 aliphatic rings. The maximum atomic E-state index is 14.6. The highest BCUT2D eigenvalue weighted by molar-refractivity contribution is 7.92. The first kappa shape index (κ1) is 35.0. The fourth-order valence-corrected chi connectivity index (χ4v) is 7.00. The molecule has 0 saturated heterocycles. The van der Waals surface area contributed by atoms with E-state index in [9.17, 15) is 18.0 Å². The van der Waals surface area contributed by atoms with E-state index < -0.39 is 28.5 Å². The van der Waals surface area contributed by atoms with Gasteiger partial charge in [-0.05, 0) is 59.9 Å². The molecule has 7 nitrogen and oxygen atoms in total. The molecule has 4 aromatic rings. The van der Waals surface area contributed by atoms with Crippen molar-refractivity contribution in [3.8, 4) is 0 Å². The van der Waals surface area contributed by atoms with Gasteiger partial charge in [-0.1, -0.05) is 111 Å². The van der Waals surface area contributed by atoms with Crippen molar-refractivity contribution in [3.05, 3.63) is 130 Å². The van der Waals surface area contributed by atoms with Crippen molar-refractivity contribution >= 4 is 50.7 Å². The van der Waals surface area contributed by atoms with Crippen molar-refractivity contribution in [2.45, 2.75) is 57.0 Å². The number of sulfonamides is 1. The summed E-state index contributed by atoms with van der Waals surface area (Å²) < 4.78 is 29.4. The molecule has 242 valence electrons. The van der Waals surface area contributed by atoms with Crippen molar-refractivity contribution in [2.24, 2.45) is 0 Å². The molecule has 0 spiro atoms. The highest BCUT2D eigenvalue weighted by Gasteiger charge is 2.35. The first-order valence-corrected chi connectivity index (χ1v) is 17.4. The number of carbonyl (C=O) groups is 2. The van der Waals surface area contributed by atoms with Crippen LogP contribution in [0.2, 0.25) is 10.0 Å². The van der Waals surface area contributed by atoms with Crippen LogP contribution < -0.4 is 9.62 Å². The molecule has 0 heterocycles. The first-order chi connectivity index (χ1) is 22.0. The standard InChI is InChI=1S/C36H39Cl2N3O4S/c1-4-22-39-36(43)34(23-27-12-7-5-8-13-27)40(24-31-32(37)16-11-17-33(31)38)35(42)25-41(29-20-18-28(19-21-29)26(2)3)46(44,45)30-14-9-6-10-15-30/h5-21,26,34H,4,22-25H2,1-3H3,(H,39,43)/t34-/m0/s1. The number of rotatable bonds is 14. The molecule has 0 aliphatic heterocycles. The van der Waals surface area contributed by atoms with Crippen molar-refractivity contribution in [3.63, 3.8) is 0 Å². The van der Waals surface area contributed by atoms with E-state index in [0.717, 1.165) is 15.4 Å². The van der Waals surface area contributed by atoms with Crippen molar-refractivity contribution < 1.29 is 18.0 Å². The average Bonchev–Trinajstić information content (AvgIpc) is 3.06. The second-order valence-corrected chi connectivity index (χ2v) is 14.0. The van der Waals surface area contributed by atoms with Gasteiger partial charge in [-0.3, -0.25) is 13.9 Å². The molecule has 46 heavy (non-hydrogen) atoms. The minimum Gasteiger partial charge on any atom is -0.354 e. The fraction of sp³-hybridized carbons (Fsp3) is 0.278. The third-order valence-electron chi connectivity index (χ3n) is 7.67. The lowest BCUT2D eigenvalue weighted by atomic mass is 10.0. The van der Waals surface area contributed by atoms with Crippen molar-refractivity contribution in [1.29, 1.82) is 0 Å². The lowest BCUT2D eigenvalue weighted by Gasteiger charge is -2.34.